The molecule has 1 aliphatic heterocycles. The SMILES string of the molecule is Cc1ncccc1OCC(C)(C)NC(=O)C1C2CNCC21. The van der Waals surface area contributed by atoms with Gasteiger partial charge in [-0.3, -0.25) is 9.78 Å². The molecule has 1 aromatic rings. The molecule has 1 saturated carbocycles. The summed E-state index contributed by atoms with van der Waals surface area (Å²) in [6.07, 6.45) is 1.75. The number of fused-ring (bicyclic) bond motifs is 1. The Kier molecular flexibility index (Phi) is 3.61. The number of hydrogen-bond donors (Lipinski definition) is 2. The number of rotatable bonds is 5. The second kappa shape index (κ2) is 5.30. The van der Waals surface area contributed by atoms with E-state index in [9.17, 15) is 4.79 Å². The maximum atomic E-state index is 12.3. The van der Waals surface area contributed by atoms with Gasteiger partial charge in [0.05, 0.1) is 11.2 Å². The molecule has 1 saturated heterocycles. The second-order valence-electron chi connectivity index (χ2n) is 6.76. The van der Waals surface area contributed by atoms with Gasteiger partial charge in [0, 0.05) is 12.1 Å². The highest BCUT2D eigenvalue weighted by atomic mass is 16.5. The van der Waals surface area contributed by atoms with Crippen LogP contribution >= 0.6 is 0 Å². The van der Waals surface area contributed by atoms with Gasteiger partial charge in [-0.1, -0.05) is 0 Å². The van der Waals surface area contributed by atoms with Crippen LogP contribution in [-0.4, -0.2) is 36.1 Å². The van der Waals surface area contributed by atoms with E-state index in [1.165, 1.54) is 0 Å². The summed E-state index contributed by atoms with van der Waals surface area (Å²) in [4.78, 5) is 16.5. The summed E-state index contributed by atoms with van der Waals surface area (Å²) in [6, 6.07) is 3.75. The van der Waals surface area contributed by atoms with Gasteiger partial charge < -0.3 is 15.4 Å². The van der Waals surface area contributed by atoms with Crippen molar-refractivity contribution in [3.05, 3.63) is 24.0 Å². The standard InChI is InChI=1S/C16H23N3O2/c1-10-13(5-4-6-18-10)21-9-16(2,3)19-15(20)14-11-7-17-8-12(11)14/h4-6,11-12,14,17H,7-9H2,1-3H3,(H,19,20). The van der Waals surface area contributed by atoms with E-state index in [1.807, 2.05) is 32.9 Å². The minimum atomic E-state index is -0.385. The number of nitrogens with one attached hydrogen (secondary N) is 2. The van der Waals surface area contributed by atoms with Crippen LogP contribution in [0.5, 0.6) is 5.75 Å². The van der Waals surface area contributed by atoms with E-state index in [-0.39, 0.29) is 17.4 Å². The van der Waals surface area contributed by atoms with Crippen molar-refractivity contribution in [2.24, 2.45) is 17.8 Å². The second-order valence-corrected chi connectivity index (χ2v) is 6.76. The van der Waals surface area contributed by atoms with E-state index in [0.29, 0.717) is 18.4 Å². The molecular formula is C16H23N3O2. The molecule has 1 aromatic heterocycles. The molecule has 1 amide bonds. The quantitative estimate of drug-likeness (QED) is 0.853. The van der Waals surface area contributed by atoms with Crippen molar-refractivity contribution in [1.82, 2.24) is 15.6 Å². The Bertz CT molecular complexity index is 534. The van der Waals surface area contributed by atoms with Gasteiger partial charge in [0.15, 0.2) is 0 Å². The number of ether oxygens (including phenoxy) is 1. The number of aromatic nitrogens is 1. The van der Waals surface area contributed by atoms with E-state index < -0.39 is 0 Å². The topological polar surface area (TPSA) is 63.2 Å². The smallest absolute Gasteiger partial charge is 0.224 e. The summed E-state index contributed by atoms with van der Waals surface area (Å²) in [5.74, 6) is 2.23. The molecule has 0 bridgehead atoms. The Balaban J connectivity index is 1.52. The van der Waals surface area contributed by atoms with Crippen LogP contribution in [-0.2, 0) is 4.79 Å². The molecule has 0 spiro atoms. The van der Waals surface area contributed by atoms with Gasteiger partial charge in [-0.2, -0.15) is 0 Å². The maximum Gasteiger partial charge on any atom is 0.224 e. The lowest BCUT2D eigenvalue weighted by molar-refractivity contribution is -0.125. The molecule has 114 valence electrons. The number of pyridine rings is 1. The largest absolute Gasteiger partial charge is 0.489 e. The van der Waals surface area contributed by atoms with Gasteiger partial charge in [-0.25, -0.2) is 0 Å². The Labute approximate surface area is 125 Å². The zero-order valence-electron chi connectivity index (χ0n) is 12.8. The molecule has 5 nitrogen and oxygen atoms in total. The first-order valence-corrected chi connectivity index (χ1v) is 7.55. The highest BCUT2D eigenvalue weighted by Crippen LogP contribution is 2.48. The first kappa shape index (κ1) is 14.3. The van der Waals surface area contributed by atoms with Crippen LogP contribution in [0.3, 0.4) is 0 Å². The van der Waals surface area contributed by atoms with Gasteiger partial charge in [0.2, 0.25) is 5.91 Å². The maximum absolute atomic E-state index is 12.3. The van der Waals surface area contributed by atoms with E-state index >= 15 is 0 Å². The molecule has 1 aliphatic carbocycles. The molecule has 3 rings (SSSR count). The van der Waals surface area contributed by atoms with Gasteiger partial charge in [0.25, 0.3) is 0 Å². The summed E-state index contributed by atoms with van der Waals surface area (Å²) >= 11 is 0. The zero-order chi connectivity index (χ0) is 15.0. The lowest BCUT2D eigenvalue weighted by Gasteiger charge is -2.27. The molecule has 0 radical (unpaired) electrons. The van der Waals surface area contributed by atoms with Crippen LogP contribution in [0.15, 0.2) is 18.3 Å². The normalized spacial score (nSPS) is 27.1. The highest BCUT2D eigenvalue weighted by molar-refractivity contribution is 5.83. The van der Waals surface area contributed by atoms with Crippen molar-refractivity contribution in [3.8, 4) is 5.75 Å². The number of carbonyl (C=O) groups excluding carboxylic acids is 1. The van der Waals surface area contributed by atoms with Crippen LogP contribution in [0.25, 0.3) is 0 Å². The molecule has 5 heteroatoms. The average Bonchev–Trinajstić information content (AvgIpc) is 2.92. The van der Waals surface area contributed by atoms with Crippen molar-refractivity contribution in [1.29, 1.82) is 0 Å². The first-order chi connectivity index (χ1) is 9.98. The molecule has 2 heterocycles. The molecule has 0 aromatic carbocycles. The van der Waals surface area contributed by atoms with Crippen LogP contribution in [0.4, 0.5) is 0 Å². The minimum absolute atomic E-state index is 0.169. The van der Waals surface area contributed by atoms with Crippen molar-refractivity contribution in [2.75, 3.05) is 19.7 Å². The summed E-state index contributed by atoms with van der Waals surface area (Å²) in [5, 5.41) is 6.44. The fourth-order valence-corrected chi connectivity index (χ4v) is 3.14. The third kappa shape index (κ3) is 3.02. The van der Waals surface area contributed by atoms with E-state index in [0.717, 1.165) is 24.5 Å². The average molecular weight is 289 g/mol. The van der Waals surface area contributed by atoms with E-state index in [4.69, 9.17) is 4.74 Å². The predicted octanol–water partition coefficient (Wildman–Crippen LogP) is 1.13. The number of hydrogen-bond acceptors (Lipinski definition) is 4. The van der Waals surface area contributed by atoms with Crippen molar-refractivity contribution >= 4 is 5.91 Å². The molecule has 2 N–H and O–H groups in total. The number of amides is 1. The van der Waals surface area contributed by atoms with Gasteiger partial charge in [0.1, 0.15) is 12.4 Å². The van der Waals surface area contributed by atoms with Crippen molar-refractivity contribution in [3.63, 3.8) is 0 Å². The monoisotopic (exact) mass is 289 g/mol. The lowest BCUT2D eigenvalue weighted by atomic mass is 10.1. The summed E-state index contributed by atoms with van der Waals surface area (Å²) < 4.78 is 5.81. The molecular weight excluding hydrogens is 266 g/mol. The molecule has 2 aliphatic rings. The highest BCUT2D eigenvalue weighted by Gasteiger charge is 2.57. The zero-order valence-corrected chi connectivity index (χ0v) is 12.8. The Hall–Kier alpha value is -1.62. The minimum Gasteiger partial charge on any atom is -0.489 e. The molecule has 21 heavy (non-hydrogen) atoms. The lowest BCUT2D eigenvalue weighted by Crippen LogP contribution is -2.49. The third-order valence-electron chi connectivity index (χ3n) is 4.40. The summed E-state index contributed by atoms with van der Waals surface area (Å²) in [6.45, 7) is 8.30. The fraction of sp³-hybridized carbons (Fsp3) is 0.625. The number of carbonyl (C=O) groups is 1. The Morgan fingerprint density at radius 1 is 1.48 bits per heavy atom. The van der Waals surface area contributed by atoms with E-state index in [2.05, 4.69) is 15.6 Å². The number of piperidine rings is 1. The molecule has 2 fully saturated rings. The van der Waals surface area contributed by atoms with Gasteiger partial charge in [-0.15, -0.1) is 0 Å². The fourth-order valence-electron chi connectivity index (χ4n) is 3.14. The number of aryl methyl sites for hydroxylation is 1. The summed E-state index contributed by atoms with van der Waals surface area (Å²) in [5.41, 5.74) is 0.478. The predicted molar refractivity (Wildman–Crippen MR) is 80.0 cm³/mol. The first-order valence-electron chi connectivity index (χ1n) is 7.55. The molecule has 2 atom stereocenters. The molecule has 2 unspecified atom stereocenters. The van der Waals surface area contributed by atoms with Crippen LogP contribution in [0.1, 0.15) is 19.5 Å². The third-order valence-corrected chi connectivity index (χ3v) is 4.40. The van der Waals surface area contributed by atoms with Gasteiger partial charge >= 0.3 is 0 Å². The van der Waals surface area contributed by atoms with Crippen LogP contribution in [0, 0.1) is 24.7 Å². The van der Waals surface area contributed by atoms with Crippen LogP contribution in [0.2, 0.25) is 0 Å². The Morgan fingerprint density at radius 2 is 2.19 bits per heavy atom. The van der Waals surface area contributed by atoms with Gasteiger partial charge in [-0.05, 0) is 57.8 Å². The van der Waals surface area contributed by atoms with Crippen molar-refractivity contribution in [2.45, 2.75) is 26.3 Å². The van der Waals surface area contributed by atoms with Crippen LogP contribution < -0.4 is 15.4 Å². The Morgan fingerprint density at radius 3 is 2.86 bits per heavy atom. The van der Waals surface area contributed by atoms with Crippen molar-refractivity contribution < 1.29 is 9.53 Å². The number of nitrogens with zero attached hydrogens (tertiary/aromatic N) is 1. The summed E-state index contributed by atoms with van der Waals surface area (Å²) in [7, 11) is 0. The van der Waals surface area contributed by atoms with E-state index in [1.54, 1.807) is 6.20 Å².